The molecule has 0 aliphatic rings. The lowest BCUT2D eigenvalue weighted by Gasteiger charge is -2.12. The number of nitrogens with one attached hydrogen (secondary N) is 1. The minimum Gasteiger partial charge on any atom is -0.449 e. The molecule has 1 aromatic heterocycles. The van der Waals surface area contributed by atoms with Gasteiger partial charge in [0.05, 0.1) is 0 Å². The van der Waals surface area contributed by atoms with E-state index < -0.39 is 12.1 Å². The number of anilines is 1. The molecule has 0 aliphatic carbocycles. The predicted octanol–water partition coefficient (Wildman–Crippen LogP) is 3.89. The average molecular weight is 329 g/mol. The highest BCUT2D eigenvalue weighted by Crippen LogP contribution is 2.12. The first kappa shape index (κ1) is 17.0. The summed E-state index contributed by atoms with van der Waals surface area (Å²) in [5.74, 6) is -0.894. The summed E-state index contributed by atoms with van der Waals surface area (Å²) in [7, 11) is 0. The van der Waals surface area contributed by atoms with Crippen molar-refractivity contribution < 1.29 is 14.3 Å². The molecule has 1 N–H and O–H groups in total. The maximum Gasteiger partial charge on any atom is 0.331 e. The van der Waals surface area contributed by atoms with Crippen LogP contribution in [-0.2, 0) is 20.7 Å². The van der Waals surface area contributed by atoms with Crippen LogP contribution < -0.4 is 5.32 Å². The van der Waals surface area contributed by atoms with Crippen molar-refractivity contribution in [3.05, 3.63) is 58.3 Å². The van der Waals surface area contributed by atoms with Gasteiger partial charge in [-0.25, -0.2) is 4.79 Å². The highest BCUT2D eigenvalue weighted by Gasteiger charge is 2.16. The molecule has 1 unspecified atom stereocenters. The van der Waals surface area contributed by atoms with E-state index in [4.69, 9.17) is 4.74 Å². The second-order valence-electron chi connectivity index (χ2n) is 4.97. The van der Waals surface area contributed by atoms with E-state index >= 15 is 0 Å². The standard InChI is InChI=1S/C18H19NO3S/c1-3-14-6-8-15(9-7-14)19-18(21)13(2)22-17(20)11-10-16-5-4-12-23-16/h4-13H,3H2,1-2H3,(H,19,21). The molecule has 2 rings (SSSR count). The molecule has 5 heteroatoms. The molecular formula is C18H19NO3S. The molecule has 0 radical (unpaired) electrons. The van der Waals surface area contributed by atoms with Crippen LogP contribution in [0.25, 0.3) is 6.08 Å². The highest BCUT2D eigenvalue weighted by atomic mass is 32.1. The maximum absolute atomic E-state index is 12.0. The summed E-state index contributed by atoms with van der Waals surface area (Å²) in [5, 5.41) is 4.65. The van der Waals surface area contributed by atoms with Gasteiger partial charge in [-0.05, 0) is 48.6 Å². The minimum atomic E-state index is -0.860. The summed E-state index contributed by atoms with van der Waals surface area (Å²) >= 11 is 1.52. The number of amides is 1. The van der Waals surface area contributed by atoms with E-state index in [9.17, 15) is 9.59 Å². The van der Waals surface area contributed by atoms with Crippen molar-refractivity contribution in [1.82, 2.24) is 0 Å². The van der Waals surface area contributed by atoms with Gasteiger partial charge < -0.3 is 10.1 Å². The van der Waals surface area contributed by atoms with Crippen molar-refractivity contribution in [3.8, 4) is 0 Å². The van der Waals surface area contributed by atoms with Crippen molar-refractivity contribution >= 4 is 35.0 Å². The Morgan fingerprint density at radius 3 is 2.61 bits per heavy atom. The number of carbonyl (C=O) groups is 2. The van der Waals surface area contributed by atoms with Gasteiger partial charge in [0.25, 0.3) is 5.91 Å². The van der Waals surface area contributed by atoms with Crippen LogP contribution in [0, 0.1) is 0 Å². The molecule has 120 valence electrons. The van der Waals surface area contributed by atoms with Crippen molar-refractivity contribution in [3.63, 3.8) is 0 Å². The molecule has 0 saturated heterocycles. The number of hydrogen-bond acceptors (Lipinski definition) is 4. The SMILES string of the molecule is CCc1ccc(NC(=O)C(C)OC(=O)C=Cc2cccs2)cc1. The summed E-state index contributed by atoms with van der Waals surface area (Å²) in [6.45, 7) is 3.62. The normalized spacial score (nSPS) is 12.1. The zero-order valence-electron chi connectivity index (χ0n) is 13.1. The van der Waals surface area contributed by atoms with E-state index in [2.05, 4.69) is 12.2 Å². The topological polar surface area (TPSA) is 55.4 Å². The molecule has 4 nitrogen and oxygen atoms in total. The number of rotatable bonds is 6. The van der Waals surface area contributed by atoms with E-state index in [1.807, 2.05) is 41.8 Å². The quantitative estimate of drug-likeness (QED) is 0.646. The van der Waals surface area contributed by atoms with Crippen LogP contribution >= 0.6 is 11.3 Å². The van der Waals surface area contributed by atoms with Gasteiger partial charge in [-0.3, -0.25) is 4.79 Å². The average Bonchev–Trinajstić information content (AvgIpc) is 3.07. The van der Waals surface area contributed by atoms with E-state index in [1.54, 1.807) is 13.0 Å². The van der Waals surface area contributed by atoms with Crippen LogP contribution in [0.3, 0.4) is 0 Å². The van der Waals surface area contributed by atoms with Crippen molar-refractivity contribution in [2.24, 2.45) is 0 Å². The molecule has 0 saturated carbocycles. The van der Waals surface area contributed by atoms with E-state index in [0.717, 1.165) is 11.3 Å². The van der Waals surface area contributed by atoms with Gasteiger partial charge in [-0.15, -0.1) is 11.3 Å². The van der Waals surface area contributed by atoms with Crippen molar-refractivity contribution in [2.45, 2.75) is 26.4 Å². The lowest BCUT2D eigenvalue weighted by Crippen LogP contribution is -2.29. The van der Waals surface area contributed by atoms with Crippen LogP contribution in [0.1, 0.15) is 24.3 Å². The van der Waals surface area contributed by atoms with Gasteiger partial charge in [0, 0.05) is 16.6 Å². The Morgan fingerprint density at radius 2 is 2.00 bits per heavy atom. The fourth-order valence-corrected chi connectivity index (χ4v) is 2.49. The fourth-order valence-electron chi connectivity index (χ4n) is 1.87. The Kier molecular flexibility index (Phi) is 6.11. The summed E-state index contributed by atoms with van der Waals surface area (Å²) in [5.41, 5.74) is 1.88. The molecule has 1 aromatic carbocycles. The third-order valence-electron chi connectivity index (χ3n) is 3.22. The molecule has 1 atom stereocenters. The predicted molar refractivity (Wildman–Crippen MR) is 93.4 cm³/mol. The molecular weight excluding hydrogens is 310 g/mol. The van der Waals surface area contributed by atoms with E-state index in [0.29, 0.717) is 5.69 Å². The molecule has 1 heterocycles. The third-order valence-corrected chi connectivity index (χ3v) is 4.06. The third kappa shape index (κ3) is 5.38. The monoisotopic (exact) mass is 329 g/mol. The maximum atomic E-state index is 12.0. The summed E-state index contributed by atoms with van der Waals surface area (Å²) in [6.07, 6.45) is 3.08. The number of esters is 1. The largest absolute Gasteiger partial charge is 0.449 e. The van der Waals surface area contributed by atoms with E-state index in [1.165, 1.54) is 23.0 Å². The fraction of sp³-hybridized carbons (Fsp3) is 0.222. The second-order valence-corrected chi connectivity index (χ2v) is 5.95. The Morgan fingerprint density at radius 1 is 1.26 bits per heavy atom. The Hall–Kier alpha value is -2.40. The van der Waals surface area contributed by atoms with Crippen LogP contribution in [0.15, 0.2) is 47.9 Å². The number of benzene rings is 1. The van der Waals surface area contributed by atoms with Gasteiger partial charge >= 0.3 is 5.97 Å². The van der Waals surface area contributed by atoms with Crippen LogP contribution in [-0.4, -0.2) is 18.0 Å². The lowest BCUT2D eigenvalue weighted by atomic mass is 10.1. The smallest absolute Gasteiger partial charge is 0.331 e. The Labute approximate surface area is 139 Å². The molecule has 0 spiro atoms. The summed E-state index contributed by atoms with van der Waals surface area (Å²) in [6, 6.07) is 11.4. The molecule has 0 fully saturated rings. The molecule has 23 heavy (non-hydrogen) atoms. The van der Waals surface area contributed by atoms with Gasteiger partial charge in [0.15, 0.2) is 6.10 Å². The number of aryl methyl sites for hydroxylation is 1. The Balaban J connectivity index is 1.85. The first-order valence-corrected chi connectivity index (χ1v) is 8.28. The summed E-state index contributed by atoms with van der Waals surface area (Å²) in [4.78, 5) is 24.7. The van der Waals surface area contributed by atoms with Crippen LogP contribution in [0.2, 0.25) is 0 Å². The zero-order chi connectivity index (χ0) is 16.7. The van der Waals surface area contributed by atoms with E-state index in [-0.39, 0.29) is 5.91 Å². The van der Waals surface area contributed by atoms with Gasteiger partial charge in [0.1, 0.15) is 0 Å². The van der Waals surface area contributed by atoms with Crippen molar-refractivity contribution in [1.29, 1.82) is 0 Å². The van der Waals surface area contributed by atoms with Crippen LogP contribution in [0.5, 0.6) is 0 Å². The zero-order valence-corrected chi connectivity index (χ0v) is 13.9. The number of carbonyl (C=O) groups excluding carboxylic acids is 2. The number of thiophene rings is 1. The van der Waals surface area contributed by atoms with Gasteiger partial charge in [0.2, 0.25) is 0 Å². The molecule has 1 amide bonds. The first-order chi connectivity index (χ1) is 11.1. The van der Waals surface area contributed by atoms with Crippen LogP contribution in [0.4, 0.5) is 5.69 Å². The number of hydrogen-bond donors (Lipinski definition) is 1. The molecule has 2 aromatic rings. The highest BCUT2D eigenvalue weighted by molar-refractivity contribution is 7.10. The van der Waals surface area contributed by atoms with Gasteiger partial charge in [-0.2, -0.15) is 0 Å². The molecule has 0 bridgehead atoms. The Bertz CT molecular complexity index is 675. The molecule has 0 aliphatic heterocycles. The first-order valence-electron chi connectivity index (χ1n) is 7.40. The van der Waals surface area contributed by atoms with Crippen molar-refractivity contribution in [2.75, 3.05) is 5.32 Å². The number of ether oxygens (including phenoxy) is 1. The minimum absolute atomic E-state index is 0.355. The second kappa shape index (κ2) is 8.29. The lowest BCUT2D eigenvalue weighted by molar-refractivity contribution is -0.148. The summed E-state index contributed by atoms with van der Waals surface area (Å²) < 4.78 is 5.09. The van der Waals surface area contributed by atoms with Gasteiger partial charge in [-0.1, -0.05) is 25.1 Å².